The molecule has 8 nitrogen and oxygen atoms in total. The van der Waals surface area contributed by atoms with Gasteiger partial charge in [0.05, 0.1) is 26.9 Å². The van der Waals surface area contributed by atoms with E-state index >= 15 is 0 Å². The lowest BCUT2D eigenvalue weighted by atomic mass is 10.1. The van der Waals surface area contributed by atoms with Crippen molar-refractivity contribution >= 4 is 0 Å². The fraction of sp³-hybridized carbons (Fsp3) is 0.464. The summed E-state index contributed by atoms with van der Waals surface area (Å²) >= 11 is 0. The molecule has 1 aliphatic rings. The number of imidazole rings is 1. The second kappa shape index (κ2) is 13.0. The first-order valence-electron chi connectivity index (χ1n) is 12.8. The van der Waals surface area contributed by atoms with E-state index in [-0.39, 0.29) is 25.5 Å². The Hall–Kier alpha value is -3.21. The second-order valence-electron chi connectivity index (χ2n) is 9.43. The number of aliphatic hydroxyl groups is 1. The molecule has 0 unspecified atom stereocenters. The van der Waals surface area contributed by atoms with Gasteiger partial charge < -0.3 is 28.6 Å². The minimum absolute atomic E-state index is 0.0715. The van der Waals surface area contributed by atoms with E-state index < -0.39 is 17.2 Å². The molecular formula is C28H35F2N3O5. The van der Waals surface area contributed by atoms with Crippen molar-refractivity contribution in [3.63, 3.8) is 0 Å². The van der Waals surface area contributed by atoms with Crippen molar-refractivity contribution in [3.05, 3.63) is 71.8 Å². The Morgan fingerprint density at radius 1 is 1.11 bits per heavy atom. The van der Waals surface area contributed by atoms with Gasteiger partial charge in [-0.05, 0) is 36.2 Å². The molecule has 2 aromatic carbocycles. The average molecular weight is 532 g/mol. The summed E-state index contributed by atoms with van der Waals surface area (Å²) in [4.78, 5) is 6.41. The van der Waals surface area contributed by atoms with Crippen molar-refractivity contribution in [1.82, 2.24) is 14.5 Å². The summed E-state index contributed by atoms with van der Waals surface area (Å²) in [7, 11) is 1.61. The molecule has 1 atom stereocenters. The lowest BCUT2D eigenvalue weighted by Crippen LogP contribution is -2.48. The predicted octanol–water partition coefficient (Wildman–Crippen LogP) is 3.84. The molecule has 0 saturated carbocycles. The highest BCUT2D eigenvalue weighted by atomic mass is 19.2. The maximum atomic E-state index is 13.5. The number of halogens is 2. The zero-order valence-electron chi connectivity index (χ0n) is 21.9. The van der Waals surface area contributed by atoms with Crippen LogP contribution in [0.2, 0.25) is 0 Å². The van der Waals surface area contributed by atoms with Gasteiger partial charge >= 0.3 is 0 Å². The lowest BCUT2D eigenvalue weighted by Gasteiger charge is -2.30. The van der Waals surface area contributed by atoms with E-state index in [0.29, 0.717) is 37.8 Å². The molecule has 1 fully saturated rings. The number of rotatable bonds is 12. The molecule has 0 amide bonds. The molecule has 0 bridgehead atoms. The third kappa shape index (κ3) is 7.43. The van der Waals surface area contributed by atoms with Crippen molar-refractivity contribution in [2.45, 2.75) is 38.5 Å². The highest BCUT2D eigenvalue weighted by molar-refractivity contribution is 5.43. The SMILES string of the molecule is CCc1nccn1CCCOc1ccc(CN2CCOC[C@@](O)(COc3ccc(F)c(F)c3)C2)cc1OC. The minimum Gasteiger partial charge on any atom is -0.493 e. The first-order valence-corrected chi connectivity index (χ1v) is 12.8. The summed E-state index contributed by atoms with van der Waals surface area (Å²) in [6.07, 6.45) is 5.54. The van der Waals surface area contributed by atoms with Crippen LogP contribution in [0, 0.1) is 11.6 Å². The molecule has 1 saturated heterocycles. The van der Waals surface area contributed by atoms with Crippen LogP contribution in [0.4, 0.5) is 8.78 Å². The fourth-order valence-electron chi connectivity index (χ4n) is 4.47. The topological polar surface area (TPSA) is 78.2 Å². The first kappa shape index (κ1) is 27.8. The average Bonchev–Trinajstić information content (AvgIpc) is 3.29. The molecule has 1 aliphatic heterocycles. The monoisotopic (exact) mass is 531 g/mol. The van der Waals surface area contributed by atoms with Crippen molar-refractivity contribution in [3.8, 4) is 17.2 Å². The van der Waals surface area contributed by atoms with Crippen LogP contribution >= 0.6 is 0 Å². The van der Waals surface area contributed by atoms with Crippen LogP contribution in [0.1, 0.15) is 24.7 Å². The van der Waals surface area contributed by atoms with E-state index in [4.69, 9.17) is 18.9 Å². The van der Waals surface area contributed by atoms with Crippen molar-refractivity contribution in [1.29, 1.82) is 0 Å². The molecule has 206 valence electrons. The number of aromatic nitrogens is 2. The van der Waals surface area contributed by atoms with Gasteiger partial charge in [0, 0.05) is 51.1 Å². The minimum atomic E-state index is -1.32. The summed E-state index contributed by atoms with van der Waals surface area (Å²) in [5, 5.41) is 11.1. The predicted molar refractivity (Wildman–Crippen MR) is 138 cm³/mol. The fourth-order valence-corrected chi connectivity index (χ4v) is 4.47. The van der Waals surface area contributed by atoms with Gasteiger partial charge in [0.25, 0.3) is 0 Å². The van der Waals surface area contributed by atoms with Crippen LogP contribution < -0.4 is 14.2 Å². The van der Waals surface area contributed by atoms with E-state index in [2.05, 4.69) is 21.4 Å². The zero-order chi connectivity index (χ0) is 27.0. The van der Waals surface area contributed by atoms with Crippen LogP contribution in [0.15, 0.2) is 48.8 Å². The molecule has 0 spiro atoms. The van der Waals surface area contributed by atoms with Crippen LogP contribution in [-0.2, 0) is 24.2 Å². The Balaban J connectivity index is 1.32. The maximum Gasteiger partial charge on any atom is 0.162 e. The molecule has 2 heterocycles. The van der Waals surface area contributed by atoms with Gasteiger partial charge in [-0.25, -0.2) is 13.8 Å². The van der Waals surface area contributed by atoms with Crippen LogP contribution in [-0.4, -0.2) is 71.8 Å². The number of benzene rings is 2. The van der Waals surface area contributed by atoms with Crippen molar-refractivity contribution < 1.29 is 32.8 Å². The molecular weight excluding hydrogens is 496 g/mol. The Kier molecular flexibility index (Phi) is 9.54. The molecule has 1 N–H and O–H groups in total. The Labute approximate surface area is 221 Å². The van der Waals surface area contributed by atoms with Gasteiger partial charge in [-0.2, -0.15) is 0 Å². The normalized spacial score (nSPS) is 18.2. The van der Waals surface area contributed by atoms with E-state index in [9.17, 15) is 13.9 Å². The summed E-state index contributed by atoms with van der Waals surface area (Å²) < 4.78 is 51.6. The molecule has 1 aromatic heterocycles. The summed E-state index contributed by atoms with van der Waals surface area (Å²) in [6.45, 7) is 5.31. The maximum absolute atomic E-state index is 13.5. The quantitative estimate of drug-likeness (QED) is 0.356. The Morgan fingerprint density at radius 3 is 2.76 bits per heavy atom. The standard InChI is InChI=1S/C28H35F2N3O5/c1-3-27-31-9-11-33(27)10-4-13-37-25-8-5-21(15-26(25)35-2)17-32-12-14-36-19-28(34,18-32)20-38-22-6-7-23(29)24(30)16-22/h5-9,11,15-16,34H,3-4,10,12-14,17-20H2,1-2H3/t28-/m1/s1. The second-order valence-corrected chi connectivity index (χ2v) is 9.43. The molecule has 0 radical (unpaired) electrons. The summed E-state index contributed by atoms with van der Waals surface area (Å²) in [6, 6.07) is 9.09. The molecule has 4 rings (SSSR count). The number of hydrogen-bond donors (Lipinski definition) is 1. The first-order chi connectivity index (χ1) is 18.4. The number of aryl methyl sites for hydroxylation is 2. The van der Waals surface area contributed by atoms with Crippen molar-refractivity contribution in [2.24, 2.45) is 0 Å². The van der Waals surface area contributed by atoms with Crippen molar-refractivity contribution in [2.75, 3.05) is 46.6 Å². The van der Waals surface area contributed by atoms with Gasteiger partial charge in [0.15, 0.2) is 23.1 Å². The van der Waals surface area contributed by atoms with Crippen LogP contribution in [0.25, 0.3) is 0 Å². The number of methoxy groups -OCH3 is 1. The number of ether oxygens (including phenoxy) is 4. The van der Waals surface area contributed by atoms with Gasteiger partial charge in [-0.3, -0.25) is 4.90 Å². The van der Waals surface area contributed by atoms with Gasteiger partial charge in [0.1, 0.15) is 23.8 Å². The van der Waals surface area contributed by atoms with E-state index in [1.54, 1.807) is 7.11 Å². The van der Waals surface area contributed by atoms with Crippen LogP contribution in [0.5, 0.6) is 17.2 Å². The largest absolute Gasteiger partial charge is 0.493 e. The number of hydrogen-bond acceptors (Lipinski definition) is 7. The van der Waals surface area contributed by atoms with Gasteiger partial charge in [-0.1, -0.05) is 13.0 Å². The highest BCUT2D eigenvalue weighted by Crippen LogP contribution is 2.29. The van der Waals surface area contributed by atoms with E-state index in [0.717, 1.165) is 42.9 Å². The third-order valence-corrected chi connectivity index (χ3v) is 6.39. The van der Waals surface area contributed by atoms with Gasteiger partial charge in [-0.15, -0.1) is 0 Å². The summed E-state index contributed by atoms with van der Waals surface area (Å²) in [5.41, 5.74) is -0.326. The summed E-state index contributed by atoms with van der Waals surface area (Å²) in [5.74, 6) is 0.568. The molecule has 0 aliphatic carbocycles. The van der Waals surface area contributed by atoms with Gasteiger partial charge in [0.2, 0.25) is 0 Å². The zero-order valence-corrected chi connectivity index (χ0v) is 21.9. The van der Waals surface area contributed by atoms with Crippen LogP contribution in [0.3, 0.4) is 0 Å². The molecule has 3 aromatic rings. The third-order valence-electron chi connectivity index (χ3n) is 6.39. The van der Waals surface area contributed by atoms with E-state index in [1.165, 1.54) is 6.07 Å². The number of nitrogens with zero attached hydrogens (tertiary/aromatic N) is 3. The smallest absolute Gasteiger partial charge is 0.162 e. The number of β-amino-alcohol motifs (C(OH)–C–C–N with tert-alkyl or cyclic N) is 1. The molecule has 38 heavy (non-hydrogen) atoms. The van der Waals surface area contributed by atoms with E-state index in [1.807, 2.05) is 30.6 Å². The molecule has 10 heteroatoms. The Bertz CT molecular complexity index is 1190. The Morgan fingerprint density at radius 2 is 1.97 bits per heavy atom. The highest BCUT2D eigenvalue weighted by Gasteiger charge is 2.33. The lowest BCUT2D eigenvalue weighted by molar-refractivity contribution is -0.0647.